The molecular formula is C21H25N5O2S. The van der Waals surface area contributed by atoms with Crippen molar-refractivity contribution in [1.82, 2.24) is 14.8 Å². The van der Waals surface area contributed by atoms with E-state index in [1.165, 1.54) is 25.1 Å². The first-order valence-electron chi connectivity index (χ1n) is 9.74. The number of Topliss-reactive ketones (excluding diaryl/α,β-unsaturated/α-hetero) is 1. The van der Waals surface area contributed by atoms with Crippen molar-refractivity contribution in [1.29, 1.82) is 10.7 Å². The Morgan fingerprint density at radius 1 is 1.31 bits per heavy atom. The quantitative estimate of drug-likeness (QED) is 0.513. The average Bonchev–Trinajstić information content (AvgIpc) is 3.17. The van der Waals surface area contributed by atoms with Crippen LogP contribution in [0.2, 0.25) is 0 Å². The van der Waals surface area contributed by atoms with Crippen molar-refractivity contribution in [3.05, 3.63) is 24.3 Å². The number of methoxy groups -OCH3 is 1. The standard InChI is InChI=1S/C21H25N5O2S/c1-14(23)18(12-22)19(27)13-29-21-25-24-20(15-8-10-17(28-2)11-9-15)26(21)16-6-4-3-5-7-16/h8-11,16,18,23H,3-7,13H2,1-2H3. The van der Waals surface area contributed by atoms with E-state index in [0.717, 1.165) is 42.8 Å². The Kier molecular flexibility index (Phi) is 7.04. The van der Waals surface area contributed by atoms with Crippen molar-refractivity contribution in [3.63, 3.8) is 0 Å². The summed E-state index contributed by atoms with van der Waals surface area (Å²) in [5.41, 5.74) is 1.03. The highest BCUT2D eigenvalue weighted by Gasteiger charge is 2.26. The van der Waals surface area contributed by atoms with Gasteiger partial charge < -0.3 is 10.1 Å². The summed E-state index contributed by atoms with van der Waals surface area (Å²) in [5.74, 6) is 0.405. The van der Waals surface area contributed by atoms with Crippen LogP contribution in [-0.4, -0.2) is 39.1 Å². The van der Waals surface area contributed by atoms with Gasteiger partial charge in [0, 0.05) is 17.3 Å². The number of benzene rings is 1. The minimum Gasteiger partial charge on any atom is -0.497 e. The number of carbonyl (C=O) groups is 1. The predicted molar refractivity (Wildman–Crippen MR) is 112 cm³/mol. The van der Waals surface area contributed by atoms with Crippen LogP contribution in [0.3, 0.4) is 0 Å². The molecule has 0 aliphatic heterocycles. The Labute approximate surface area is 175 Å². The topological polar surface area (TPSA) is 105 Å². The van der Waals surface area contributed by atoms with E-state index in [1.54, 1.807) is 7.11 Å². The van der Waals surface area contributed by atoms with Crippen LogP contribution in [0.25, 0.3) is 11.4 Å². The van der Waals surface area contributed by atoms with E-state index in [2.05, 4.69) is 14.8 Å². The molecule has 0 spiro atoms. The minimum absolute atomic E-state index is 0.0748. The second-order valence-electron chi connectivity index (χ2n) is 7.20. The maximum atomic E-state index is 12.4. The summed E-state index contributed by atoms with van der Waals surface area (Å²) in [4.78, 5) is 12.4. The highest BCUT2D eigenvalue weighted by atomic mass is 32.2. The lowest BCUT2D eigenvalue weighted by Crippen LogP contribution is -2.22. The highest BCUT2D eigenvalue weighted by molar-refractivity contribution is 7.99. The van der Waals surface area contributed by atoms with Crippen LogP contribution in [0.1, 0.15) is 45.1 Å². The molecule has 3 rings (SSSR count). The summed E-state index contributed by atoms with van der Waals surface area (Å²) in [6.45, 7) is 1.49. The summed E-state index contributed by atoms with van der Waals surface area (Å²) in [5, 5.41) is 26.3. The number of nitrogens with zero attached hydrogens (tertiary/aromatic N) is 4. The average molecular weight is 412 g/mol. The molecule has 1 aromatic carbocycles. The van der Waals surface area contributed by atoms with Crippen LogP contribution in [0.15, 0.2) is 29.4 Å². The molecule has 1 atom stereocenters. The van der Waals surface area contributed by atoms with Crippen molar-refractivity contribution in [3.8, 4) is 23.2 Å². The van der Waals surface area contributed by atoms with Crippen LogP contribution in [0.4, 0.5) is 0 Å². The molecule has 0 bridgehead atoms. The third-order valence-corrected chi connectivity index (χ3v) is 6.15. The number of carbonyl (C=O) groups excluding carboxylic acids is 1. The first-order chi connectivity index (χ1) is 14.0. The minimum atomic E-state index is -0.991. The third-order valence-electron chi connectivity index (χ3n) is 5.18. The monoisotopic (exact) mass is 411 g/mol. The smallest absolute Gasteiger partial charge is 0.192 e. The van der Waals surface area contributed by atoms with Crippen molar-refractivity contribution < 1.29 is 9.53 Å². The highest BCUT2D eigenvalue weighted by Crippen LogP contribution is 2.36. The van der Waals surface area contributed by atoms with E-state index >= 15 is 0 Å². The van der Waals surface area contributed by atoms with Gasteiger partial charge in [-0.05, 0) is 44.0 Å². The van der Waals surface area contributed by atoms with Gasteiger partial charge in [-0.25, -0.2) is 0 Å². The van der Waals surface area contributed by atoms with Crippen molar-refractivity contribution in [2.24, 2.45) is 5.92 Å². The molecule has 152 valence electrons. The molecular weight excluding hydrogens is 386 g/mol. The molecule has 1 aromatic heterocycles. The summed E-state index contributed by atoms with van der Waals surface area (Å²) >= 11 is 1.30. The zero-order chi connectivity index (χ0) is 20.8. The fourth-order valence-electron chi connectivity index (χ4n) is 3.61. The van der Waals surface area contributed by atoms with Crippen molar-refractivity contribution in [2.75, 3.05) is 12.9 Å². The number of hydrogen-bond donors (Lipinski definition) is 1. The number of nitriles is 1. The molecule has 1 heterocycles. The van der Waals surface area contributed by atoms with Gasteiger partial charge in [0.15, 0.2) is 16.8 Å². The number of aromatic nitrogens is 3. The van der Waals surface area contributed by atoms with Crippen LogP contribution >= 0.6 is 11.8 Å². The fourth-order valence-corrected chi connectivity index (χ4v) is 4.52. The fraction of sp³-hybridized carbons (Fsp3) is 0.476. The Bertz CT molecular complexity index is 910. The Morgan fingerprint density at radius 2 is 2.00 bits per heavy atom. The van der Waals surface area contributed by atoms with Gasteiger partial charge in [-0.15, -0.1) is 10.2 Å². The molecule has 8 heteroatoms. The summed E-state index contributed by atoms with van der Waals surface area (Å²) in [6, 6.07) is 9.94. The Balaban J connectivity index is 1.88. The predicted octanol–water partition coefficient (Wildman–Crippen LogP) is 4.30. The molecule has 0 radical (unpaired) electrons. The van der Waals surface area contributed by atoms with E-state index in [4.69, 9.17) is 15.4 Å². The maximum Gasteiger partial charge on any atom is 0.192 e. The number of hydrogen-bond acceptors (Lipinski definition) is 7. The molecule has 1 aliphatic rings. The zero-order valence-corrected chi connectivity index (χ0v) is 17.5. The Morgan fingerprint density at radius 3 is 2.59 bits per heavy atom. The number of ether oxygens (including phenoxy) is 1. The first kappa shape index (κ1) is 21.1. The molecule has 29 heavy (non-hydrogen) atoms. The van der Waals surface area contributed by atoms with Gasteiger partial charge in [0.1, 0.15) is 11.7 Å². The normalized spacial score (nSPS) is 15.5. The van der Waals surface area contributed by atoms with Gasteiger partial charge in [-0.3, -0.25) is 9.36 Å². The molecule has 2 aromatic rings. The van der Waals surface area contributed by atoms with E-state index < -0.39 is 5.92 Å². The second-order valence-corrected chi connectivity index (χ2v) is 8.14. The zero-order valence-electron chi connectivity index (χ0n) is 16.7. The molecule has 0 saturated heterocycles. The van der Waals surface area contributed by atoms with Crippen LogP contribution in [0, 0.1) is 22.7 Å². The molecule has 1 saturated carbocycles. The lowest BCUT2D eigenvalue weighted by molar-refractivity contribution is -0.117. The molecule has 1 fully saturated rings. The molecule has 1 unspecified atom stereocenters. The summed E-state index contributed by atoms with van der Waals surface area (Å²) in [6.07, 6.45) is 5.68. The lowest BCUT2D eigenvalue weighted by Gasteiger charge is -2.25. The van der Waals surface area contributed by atoms with Gasteiger partial charge in [0.2, 0.25) is 0 Å². The van der Waals surface area contributed by atoms with Crippen LogP contribution < -0.4 is 4.74 Å². The van der Waals surface area contributed by atoms with Gasteiger partial charge in [-0.1, -0.05) is 31.0 Å². The largest absolute Gasteiger partial charge is 0.497 e. The Hall–Kier alpha value is -2.66. The van der Waals surface area contributed by atoms with E-state index in [9.17, 15) is 4.79 Å². The molecule has 1 aliphatic carbocycles. The maximum absolute atomic E-state index is 12.4. The van der Waals surface area contributed by atoms with Gasteiger partial charge >= 0.3 is 0 Å². The van der Waals surface area contributed by atoms with Gasteiger partial charge in [-0.2, -0.15) is 5.26 Å². The number of thioether (sulfide) groups is 1. The summed E-state index contributed by atoms with van der Waals surface area (Å²) < 4.78 is 7.40. The molecule has 7 nitrogen and oxygen atoms in total. The molecule has 1 N–H and O–H groups in total. The van der Waals surface area contributed by atoms with Gasteiger partial charge in [0.25, 0.3) is 0 Å². The second kappa shape index (κ2) is 9.70. The van der Waals surface area contributed by atoms with Gasteiger partial charge in [0.05, 0.1) is 18.9 Å². The van der Waals surface area contributed by atoms with E-state index in [1.807, 2.05) is 30.3 Å². The van der Waals surface area contributed by atoms with E-state index in [0.29, 0.717) is 11.2 Å². The van der Waals surface area contributed by atoms with Crippen LogP contribution in [0.5, 0.6) is 5.75 Å². The third kappa shape index (κ3) is 4.85. The number of nitrogens with one attached hydrogen (secondary N) is 1. The molecule has 0 amide bonds. The van der Waals surface area contributed by atoms with Crippen molar-refractivity contribution >= 4 is 23.3 Å². The number of rotatable bonds is 8. The first-order valence-corrected chi connectivity index (χ1v) is 10.7. The summed E-state index contributed by atoms with van der Waals surface area (Å²) in [7, 11) is 1.63. The van der Waals surface area contributed by atoms with E-state index in [-0.39, 0.29) is 17.2 Å². The van der Waals surface area contributed by atoms with Crippen LogP contribution in [-0.2, 0) is 4.79 Å². The number of ketones is 1. The lowest BCUT2D eigenvalue weighted by atomic mass is 9.95. The SMILES string of the molecule is COc1ccc(-c2nnc(SCC(=O)C(C#N)C(C)=N)n2C2CCCCC2)cc1. The van der Waals surface area contributed by atoms with Crippen molar-refractivity contribution in [2.45, 2.75) is 50.2 Å².